The molecule has 0 aliphatic carbocycles. The lowest BCUT2D eigenvalue weighted by molar-refractivity contribution is 0.173. The van der Waals surface area contributed by atoms with Crippen molar-refractivity contribution in [2.45, 2.75) is 25.3 Å². The van der Waals surface area contributed by atoms with Gasteiger partial charge in [0, 0.05) is 24.5 Å². The summed E-state index contributed by atoms with van der Waals surface area (Å²) in [4.78, 5) is 17.3. The average Bonchev–Trinajstić information content (AvgIpc) is 2.95. The second-order valence-corrected chi connectivity index (χ2v) is 8.31. The van der Waals surface area contributed by atoms with Crippen LogP contribution in [0.15, 0.2) is 18.2 Å². The molecule has 0 aromatic heterocycles. The number of carbonyl (C=O) groups excluding carboxylic acids is 1. The summed E-state index contributed by atoms with van der Waals surface area (Å²) in [7, 11) is 0. The fourth-order valence-corrected chi connectivity index (χ4v) is 4.64. The molecule has 2 saturated heterocycles. The van der Waals surface area contributed by atoms with Gasteiger partial charge in [-0.2, -0.15) is 11.8 Å². The summed E-state index contributed by atoms with van der Waals surface area (Å²) in [5, 5.41) is 3.93. The molecular weight excluding hydrogens is 365 g/mol. The molecule has 4 nitrogen and oxygen atoms in total. The number of nitrogens with zero attached hydrogens (tertiary/aromatic N) is 2. The van der Waals surface area contributed by atoms with E-state index in [1.165, 1.54) is 12.8 Å². The van der Waals surface area contributed by atoms with Gasteiger partial charge in [0.1, 0.15) is 0 Å². The lowest BCUT2D eigenvalue weighted by atomic mass is 10.2. The Bertz CT molecular complexity index is 581. The van der Waals surface area contributed by atoms with Crippen molar-refractivity contribution >= 4 is 46.7 Å². The fourth-order valence-electron chi connectivity index (χ4n) is 3.28. The Morgan fingerprint density at radius 2 is 1.96 bits per heavy atom. The van der Waals surface area contributed by atoms with Crippen LogP contribution in [0.25, 0.3) is 0 Å². The molecule has 1 aromatic rings. The van der Waals surface area contributed by atoms with Crippen LogP contribution in [0.2, 0.25) is 10.0 Å². The topological polar surface area (TPSA) is 35.6 Å². The summed E-state index contributed by atoms with van der Waals surface area (Å²) < 4.78 is 0. The fraction of sp³-hybridized carbons (Fsp3) is 0.588. The summed E-state index contributed by atoms with van der Waals surface area (Å²) in [6.07, 6.45) is 3.58. The highest BCUT2D eigenvalue weighted by atomic mass is 35.5. The van der Waals surface area contributed by atoms with Crippen LogP contribution in [-0.4, -0.2) is 59.6 Å². The number of carbonyl (C=O) groups is 1. The molecule has 1 aromatic carbocycles. The highest BCUT2D eigenvalue weighted by molar-refractivity contribution is 7.99. The lowest BCUT2D eigenvalue weighted by Crippen LogP contribution is -2.49. The van der Waals surface area contributed by atoms with Gasteiger partial charge in [-0.25, -0.2) is 4.79 Å². The number of hydrogen-bond donors (Lipinski definition) is 1. The first-order chi connectivity index (χ1) is 11.6. The minimum Gasteiger partial charge on any atom is -0.319 e. The Balaban J connectivity index is 1.67. The third-order valence-electron chi connectivity index (χ3n) is 4.54. The van der Waals surface area contributed by atoms with E-state index >= 15 is 0 Å². The molecule has 2 aliphatic heterocycles. The maximum atomic E-state index is 12.8. The van der Waals surface area contributed by atoms with Gasteiger partial charge < -0.3 is 15.1 Å². The van der Waals surface area contributed by atoms with Crippen LogP contribution in [0, 0.1) is 0 Å². The predicted octanol–water partition coefficient (Wildman–Crippen LogP) is 4.43. The van der Waals surface area contributed by atoms with Gasteiger partial charge in [0.25, 0.3) is 0 Å². The molecule has 0 spiro atoms. The standard InChI is InChI=1S/C17H23Cl2N3OS/c18-15-5-4-13(10-16(15)19)20-17(23)22-8-3-9-24-12-14(22)11-21-6-1-2-7-21/h4-5,10,14H,1-3,6-9,11-12H2,(H,20,23). The Labute approximate surface area is 157 Å². The quantitative estimate of drug-likeness (QED) is 0.832. The van der Waals surface area contributed by atoms with Crippen molar-refractivity contribution in [3.8, 4) is 0 Å². The van der Waals surface area contributed by atoms with E-state index < -0.39 is 0 Å². The summed E-state index contributed by atoms with van der Waals surface area (Å²) in [5.41, 5.74) is 0.686. The van der Waals surface area contributed by atoms with Gasteiger partial charge >= 0.3 is 6.03 Å². The van der Waals surface area contributed by atoms with E-state index in [0.717, 1.165) is 44.1 Å². The van der Waals surface area contributed by atoms with E-state index in [1.54, 1.807) is 18.2 Å². The van der Waals surface area contributed by atoms with Gasteiger partial charge in [-0.05, 0) is 56.3 Å². The molecule has 1 atom stereocenters. The van der Waals surface area contributed by atoms with E-state index in [1.807, 2.05) is 16.7 Å². The van der Waals surface area contributed by atoms with Gasteiger partial charge in [0.15, 0.2) is 0 Å². The monoisotopic (exact) mass is 387 g/mol. The molecule has 1 unspecified atom stereocenters. The van der Waals surface area contributed by atoms with Crippen molar-refractivity contribution < 1.29 is 4.79 Å². The normalized spacial score (nSPS) is 22.4. The van der Waals surface area contributed by atoms with Crippen LogP contribution in [0.4, 0.5) is 10.5 Å². The maximum absolute atomic E-state index is 12.8. The molecule has 2 heterocycles. The largest absolute Gasteiger partial charge is 0.322 e. The van der Waals surface area contributed by atoms with Crippen LogP contribution in [0.5, 0.6) is 0 Å². The van der Waals surface area contributed by atoms with Crippen molar-refractivity contribution in [2.24, 2.45) is 0 Å². The van der Waals surface area contributed by atoms with Gasteiger partial charge in [0.05, 0.1) is 16.1 Å². The first-order valence-electron chi connectivity index (χ1n) is 8.46. The van der Waals surface area contributed by atoms with Gasteiger partial charge in [-0.15, -0.1) is 0 Å². The van der Waals surface area contributed by atoms with Crippen LogP contribution in [0.1, 0.15) is 19.3 Å². The average molecular weight is 388 g/mol. The van der Waals surface area contributed by atoms with E-state index in [4.69, 9.17) is 23.2 Å². The predicted molar refractivity (Wildman–Crippen MR) is 104 cm³/mol. The molecule has 0 saturated carbocycles. The lowest BCUT2D eigenvalue weighted by Gasteiger charge is -2.32. The van der Waals surface area contributed by atoms with E-state index in [9.17, 15) is 4.79 Å². The summed E-state index contributed by atoms with van der Waals surface area (Å²) >= 11 is 13.9. The van der Waals surface area contributed by atoms with Crippen LogP contribution in [0.3, 0.4) is 0 Å². The minimum atomic E-state index is -0.0416. The molecular formula is C17H23Cl2N3OS. The Morgan fingerprint density at radius 1 is 1.17 bits per heavy atom. The molecule has 0 bridgehead atoms. The number of amides is 2. The SMILES string of the molecule is O=C(Nc1ccc(Cl)c(Cl)c1)N1CCCSCC1CN1CCCC1. The highest BCUT2D eigenvalue weighted by Crippen LogP contribution is 2.26. The van der Waals surface area contributed by atoms with Crippen LogP contribution < -0.4 is 5.32 Å². The van der Waals surface area contributed by atoms with Crippen LogP contribution >= 0.6 is 35.0 Å². The maximum Gasteiger partial charge on any atom is 0.322 e. The van der Waals surface area contributed by atoms with E-state index in [2.05, 4.69) is 10.2 Å². The number of hydrogen-bond acceptors (Lipinski definition) is 3. The number of rotatable bonds is 3. The number of halogens is 2. The molecule has 0 radical (unpaired) electrons. The first kappa shape index (κ1) is 18.2. The second-order valence-electron chi connectivity index (χ2n) is 6.34. The number of anilines is 1. The summed E-state index contributed by atoms with van der Waals surface area (Å²) in [6, 6.07) is 5.41. The number of benzene rings is 1. The Hall–Kier alpha value is -0.620. The highest BCUT2D eigenvalue weighted by Gasteiger charge is 2.28. The Kier molecular flexibility index (Phi) is 6.56. The molecule has 24 heavy (non-hydrogen) atoms. The number of urea groups is 1. The zero-order valence-electron chi connectivity index (χ0n) is 13.6. The van der Waals surface area contributed by atoms with Crippen molar-refractivity contribution in [3.63, 3.8) is 0 Å². The third kappa shape index (κ3) is 4.72. The second kappa shape index (κ2) is 8.65. The van der Waals surface area contributed by atoms with Crippen molar-refractivity contribution in [1.82, 2.24) is 9.80 Å². The Morgan fingerprint density at radius 3 is 2.71 bits per heavy atom. The molecule has 1 N–H and O–H groups in total. The van der Waals surface area contributed by atoms with Crippen molar-refractivity contribution in [2.75, 3.05) is 43.0 Å². The van der Waals surface area contributed by atoms with Gasteiger partial charge in [0.2, 0.25) is 0 Å². The number of likely N-dealkylation sites (tertiary alicyclic amines) is 1. The third-order valence-corrected chi connectivity index (χ3v) is 6.47. The minimum absolute atomic E-state index is 0.0416. The van der Waals surface area contributed by atoms with E-state index in [0.29, 0.717) is 15.7 Å². The van der Waals surface area contributed by atoms with Gasteiger partial charge in [-0.1, -0.05) is 23.2 Å². The number of thioether (sulfide) groups is 1. The van der Waals surface area contributed by atoms with E-state index in [-0.39, 0.29) is 12.1 Å². The van der Waals surface area contributed by atoms with Crippen molar-refractivity contribution in [1.29, 1.82) is 0 Å². The smallest absolute Gasteiger partial charge is 0.319 e. The van der Waals surface area contributed by atoms with Crippen molar-refractivity contribution in [3.05, 3.63) is 28.2 Å². The molecule has 2 amide bonds. The van der Waals surface area contributed by atoms with Gasteiger partial charge in [-0.3, -0.25) is 0 Å². The molecule has 7 heteroatoms. The molecule has 2 aliphatic rings. The zero-order valence-corrected chi connectivity index (χ0v) is 16.0. The first-order valence-corrected chi connectivity index (χ1v) is 10.4. The molecule has 132 valence electrons. The molecule has 2 fully saturated rings. The number of nitrogens with one attached hydrogen (secondary N) is 1. The molecule has 3 rings (SSSR count). The summed E-state index contributed by atoms with van der Waals surface area (Å²) in [6.45, 7) is 4.09. The zero-order chi connectivity index (χ0) is 16.9. The summed E-state index contributed by atoms with van der Waals surface area (Å²) in [5.74, 6) is 2.12. The van der Waals surface area contributed by atoms with Crippen LogP contribution in [-0.2, 0) is 0 Å².